The number of nitrogens with zero attached hydrogens (tertiary/aromatic N) is 4. The molecule has 0 saturated carbocycles. The molecule has 0 radical (unpaired) electrons. The van der Waals surface area contributed by atoms with E-state index in [1.165, 1.54) is 12.1 Å². The number of rotatable bonds is 5. The number of halogens is 1. The molecule has 38 heavy (non-hydrogen) atoms. The molecular weight excluding hydrogens is 477 g/mol. The zero-order valence-corrected chi connectivity index (χ0v) is 21.1. The second-order valence-corrected chi connectivity index (χ2v) is 9.38. The van der Waals surface area contributed by atoms with Crippen molar-refractivity contribution in [3.63, 3.8) is 0 Å². The van der Waals surface area contributed by atoms with E-state index in [1.54, 1.807) is 11.0 Å². The van der Waals surface area contributed by atoms with E-state index in [0.29, 0.717) is 25.1 Å². The quantitative estimate of drug-likeness (QED) is 0.310. The lowest BCUT2D eigenvalue weighted by Crippen LogP contribution is -2.41. The fourth-order valence-electron chi connectivity index (χ4n) is 5.25. The van der Waals surface area contributed by atoms with E-state index < -0.39 is 6.04 Å². The number of aromatic nitrogens is 3. The number of benzene rings is 3. The average Bonchev–Trinajstić information content (AvgIpc) is 3.54. The molecule has 3 heterocycles. The van der Waals surface area contributed by atoms with E-state index in [1.807, 2.05) is 89.7 Å². The summed E-state index contributed by atoms with van der Waals surface area (Å²) < 4.78 is 18.5. The topological polar surface area (TPSA) is 55.1 Å². The first-order chi connectivity index (χ1) is 18.6. The van der Waals surface area contributed by atoms with Gasteiger partial charge >= 0.3 is 6.03 Å². The Morgan fingerprint density at radius 1 is 0.974 bits per heavy atom. The largest absolute Gasteiger partial charge is 0.334 e. The summed E-state index contributed by atoms with van der Waals surface area (Å²) in [5, 5.41) is 8.07. The molecule has 0 spiro atoms. The van der Waals surface area contributed by atoms with Crippen molar-refractivity contribution in [2.75, 3.05) is 0 Å². The number of para-hydroxylation sites is 1. The van der Waals surface area contributed by atoms with Crippen LogP contribution >= 0.6 is 0 Å². The van der Waals surface area contributed by atoms with Crippen molar-refractivity contribution in [3.8, 4) is 11.5 Å². The van der Waals surface area contributed by atoms with E-state index in [2.05, 4.69) is 16.8 Å². The van der Waals surface area contributed by atoms with Gasteiger partial charge in [0.25, 0.3) is 0 Å². The molecule has 3 aromatic carbocycles. The number of carbonyl (C=O) groups is 1. The fourth-order valence-corrected chi connectivity index (χ4v) is 5.25. The number of hydrogen-bond donors (Lipinski definition) is 1. The lowest BCUT2D eigenvalue weighted by molar-refractivity contribution is 0.180. The summed E-state index contributed by atoms with van der Waals surface area (Å²) in [5.74, 6) is 0.560. The average molecular weight is 506 g/mol. The van der Waals surface area contributed by atoms with Gasteiger partial charge in [0, 0.05) is 18.3 Å². The standard InChI is InChI=1S/C31H28FN5O/c1-2-27-26-21-36(31(38)33-20-22-11-5-3-6-12-22)29(23-13-9-14-24(32)19-23)28-17-10-18-35(28)30(26)37(34-27)25-15-7-4-8-16-25/h3-19,29H,2,20-21H2,1H3,(H,33,38)/t29-/m0/s1. The van der Waals surface area contributed by atoms with E-state index in [9.17, 15) is 9.18 Å². The molecule has 5 aromatic rings. The summed E-state index contributed by atoms with van der Waals surface area (Å²) in [5.41, 5.74) is 5.42. The first-order valence-electron chi connectivity index (χ1n) is 12.8. The maximum absolute atomic E-state index is 14.5. The third-order valence-electron chi connectivity index (χ3n) is 7.02. The highest BCUT2D eigenvalue weighted by Crippen LogP contribution is 2.38. The molecule has 7 heteroatoms. The number of carbonyl (C=O) groups excluding carboxylic acids is 1. The highest BCUT2D eigenvalue weighted by molar-refractivity contribution is 5.76. The van der Waals surface area contributed by atoms with Gasteiger partial charge < -0.3 is 14.8 Å². The van der Waals surface area contributed by atoms with Crippen molar-refractivity contribution in [1.82, 2.24) is 24.6 Å². The van der Waals surface area contributed by atoms with Gasteiger partial charge in [0.15, 0.2) is 0 Å². The van der Waals surface area contributed by atoms with Gasteiger partial charge in [-0.05, 0) is 53.9 Å². The number of aryl methyl sites for hydroxylation is 1. The number of fused-ring (bicyclic) bond motifs is 3. The van der Waals surface area contributed by atoms with Crippen LogP contribution < -0.4 is 5.32 Å². The molecule has 6 rings (SSSR count). The van der Waals surface area contributed by atoms with Gasteiger partial charge in [0.05, 0.1) is 29.7 Å². The normalized spacial score (nSPS) is 14.5. The monoisotopic (exact) mass is 505 g/mol. The van der Waals surface area contributed by atoms with Crippen LogP contribution in [-0.4, -0.2) is 25.3 Å². The lowest BCUT2D eigenvalue weighted by atomic mass is 10.0. The predicted octanol–water partition coefficient (Wildman–Crippen LogP) is 6.18. The molecule has 2 amide bonds. The van der Waals surface area contributed by atoms with Crippen molar-refractivity contribution in [2.45, 2.75) is 32.5 Å². The minimum absolute atomic E-state index is 0.224. The molecule has 2 aromatic heterocycles. The molecule has 0 saturated heterocycles. The zero-order valence-electron chi connectivity index (χ0n) is 21.1. The lowest BCUT2D eigenvalue weighted by Gasteiger charge is -2.31. The summed E-state index contributed by atoms with van der Waals surface area (Å²) in [6.07, 6.45) is 2.70. The van der Waals surface area contributed by atoms with Crippen molar-refractivity contribution in [3.05, 3.63) is 137 Å². The van der Waals surface area contributed by atoms with Crippen LogP contribution in [0.4, 0.5) is 9.18 Å². The minimum Gasteiger partial charge on any atom is -0.334 e. The van der Waals surface area contributed by atoms with Gasteiger partial charge in [-0.1, -0.05) is 67.6 Å². The van der Waals surface area contributed by atoms with Crippen LogP contribution in [0.25, 0.3) is 11.5 Å². The minimum atomic E-state index is -0.502. The molecule has 0 bridgehead atoms. The summed E-state index contributed by atoms with van der Waals surface area (Å²) in [6.45, 7) is 2.79. The maximum atomic E-state index is 14.5. The Hall–Kier alpha value is -4.65. The third-order valence-corrected chi connectivity index (χ3v) is 7.02. The van der Waals surface area contributed by atoms with E-state index >= 15 is 0 Å². The summed E-state index contributed by atoms with van der Waals surface area (Å²) >= 11 is 0. The van der Waals surface area contributed by atoms with Crippen molar-refractivity contribution in [2.24, 2.45) is 0 Å². The van der Waals surface area contributed by atoms with Gasteiger partial charge in [-0.3, -0.25) is 0 Å². The van der Waals surface area contributed by atoms with E-state index in [-0.39, 0.29) is 11.8 Å². The van der Waals surface area contributed by atoms with Gasteiger partial charge in [-0.2, -0.15) is 5.10 Å². The number of nitrogens with one attached hydrogen (secondary N) is 1. The number of hydrogen-bond acceptors (Lipinski definition) is 2. The highest BCUT2D eigenvalue weighted by Gasteiger charge is 2.36. The van der Waals surface area contributed by atoms with Gasteiger partial charge in [-0.15, -0.1) is 0 Å². The fraction of sp³-hybridized carbons (Fsp3) is 0.161. The van der Waals surface area contributed by atoms with Crippen molar-refractivity contribution in [1.29, 1.82) is 0 Å². The van der Waals surface area contributed by atoms with E-state index in [4.69, 9.17) is 5.10 Å². The Morgan fingerprint density at radius 2 is 1.74 bits per heavy atom. The Kier molecular flexibility index (Phi) is 6.25. The number of amides is 2. The van der Waals surface area contributed by atoms with Crippen LogP contribution in [0.1, 0.15) is 41.0 Å². The molecule has 6 nitrogen and oxygen atoms in total. The Balaban J connectivity index is 1.51. The maximum Gasteiger partial charge on any atom is 0.318 e. The van der Waals surface area contributed by atoms with Crippen molar-refractivity contribution < 1.29 is 9.18 Å². The molecule has 1 atom stereocenters. The molecule has 1 aliphatic rings. The molecule has 0 fully saturated rings. The van der Waals surface area contributed by atoms with Crippen LogP contribution in [0, 0.1) is 5.82 Å². The van der Waals surface area contributed by atoms with Crippen LogP contribution in [0.15, 0.2) is 103 Å². The summed E-state index contributed by atoms with van der Waals surface area (Å²) in [7, 11) is 0. The molecule has 1 aliphatic heterocycles. The molecule has 1 N–H and O–H groups in total. The smallest absolute Gasteiger partial charge is 0.318 e. The predicted molar refractivity (Wildman–Crippen MR) is 145 cm³/mol. The molecule has 0 aliphatic carbocycles. The van der Waals surface area contributed by atoms with Crippen molar-refractivity contribution >= 4 is 6.03 Å². The van der Waals surface area contributed by atoms with Crippen LogP contribution in [0.2, 0.25) is 0 Å². The van der Waals surface area contributed by atoms with Crippen LogP contribution in [0.3, 0.4) is 0 Å². The van der Waals surface area contributed by atoms with Gasteiger partial charge in [0.1, 0.15) is 11.6 Å². The first kappa shape index (κ1) is 23.7. The molecule has 0 unspecified atom stereocenters. The Morgan fingerprint density at radius 3 is 2.47 bits per heavy atom. The Labute approximate surface area is 221 Å². The van der Waals surface area contributed by atoms with Gasteiger partial charge in [0.2, 0.25) is 0 Å². The third kappa shape index (κ3) is 4.26. The summed E-state index contributed by atoms with van der Waals surface area (Å²) in [6, 6.07) is 29.6. The van der Waals surface area contributed by atoms with Crippen LogP contribution in [0.5, 0.6) is 0 Å². The molecule has 190 valence electrons. The number of urea groups is 1. The zero-order chi connectivity index (χ0) is 26.1. The van der Waals surface area contributed by atoms with Crippen LogP contribution in [-0.2, 0) is 19.5 Å². The second kappa shape index (κ2) is 10.0. The highest BCUT2D eigenvalue weighted by atomic mass is 19.1. The molecular formula is C31H28FN5O. The second-order valence-electron chi connectivity index (χ2n) is 9.38. The first-order valence-corrected chi connectivity index (χ1v) is 12.8. The van der Waals surface area contributed by atoms with Gasteiger partial charge in [-0.25, -0.2) is 13.9 Å². The van der Waals surface area contributed by atoms with E-state index in [0.717, 1.165) is 34.0 Å². The summed E-state index contributed by atoms with van der Waals surface area (Å²) in [4.78, 5) is 15.7. The SMILES string of the molecule is CCc1nn(-c2ccccc2)c2c1CN(C(=O)NCc1ccccc1)[C@@H](c1cccc(F)c1)c1cccn1-2. The Bertz CT molecular complexity index is 1570.